The number of hydrogen-bond acceptors (Lipinski definition) is 4. The minimum absolute atomic E-state index is 0.0474. The van der Waals surface area contributed by atoms with E-state index in [1.165, 1.54) is 6.08 Å². The second kappa shape index (κ2) is 6.77. The first-order chi connectivity index (χ1) is 10.4. The van der Waals surface area contributed by atoms with Gasteiger partial charge in [-0.1, -0.05) is 6.07 Å². The topological polar surface area (TPSA) is 95.9 Å². The molecule has 1 fully saturated rings. The van der Waals surface area contributed by atoms with E-state index in [-0.39, 0.29) is 5.70 Å². The number of nitrogens with one attached hydrogen (secondary N) is 1. The van der Waals surface area contributed by atoms with Crippen LogP contribution in [0.15, 0.2) is 23.9 Å². The average molecular weight is 416 g/mol. The molecule has 0 aliphatic carbocycles. The minimum Gasteiger partial charge on any atom is -0.493 e. The maximum absolute atomic E-state index is 12.0. The predicted molar refractivity (Wildman–Crippen MR) is 86.2 cm³/mol. The second-order valence-electron chi connectivity index (χ2n) is 4.40. The van der Waals surface area contributed by atoms with Gasteiger partial charge in [0.15, 0.2) is 0 Å². The zero-order valence-electron chi connectivity index (χ0n) is 11.6. The van der Waals surface area contributed by atoms with Crippen LogP contribution in [-0.4, -0.2) is 41.1 Å². The van der Waals surface area contributed by atoms with Gasteiger partial charge in [-0.2, -0.15) is 0 Å². The van der Waals surface area contributed by atoms with Crippen LogP contribution in [0.1, 0.15) is 12.5 Å². The molecule has 1 aliphatic heterocycles. The van der Waals surface area contributed by atoms with Crippen molar-refractivity contribution in [2.75, 3.05) is 13.2 Å². The average Bonchev–Trinajstić information content (AvgIpc) is 2.69. The first kappa shape index (κ1) is 16.3. The Labute approximate surface area is 140 Å². The Morgan fingerprint density at radius 1 is 1.45 bits per heavy atom. The first-order valence-corrected chi connectivity index (χ1v) is 7.49. The third-order valence-corrected chi connectivity index (χ3v) is 3.67. The van der Waals surface area contributed by atoms with Gasteiger partial charge in [0.25, 0.3) is 5.91 Å². The molecule has 1 aromatic rings. The van der Waals surface area contributed by atoms with E-state index < -0.39 is 24.5 Å². The molecule has 1 aromatic carbocycles. The number of rotatable bonds is 5. The SMILES string of the molecule is CCOc1ccc(/C=C2/NC(=O)N(CC(=O)O)C2=O)cc1I. The van der Waals surface area contributed by atoms with Gasteiger partial charge >= 0.3 is 12.0 Å². The number of carboxylic acid groups (broad SMARTS) is 1. The molecular formula is C14H13IN2O5. The highest BCUT2D eigenvalue weighted by atomic mass is 127. The van der Waals surface area contributed by atoms with Crippen LogP contribution in [0.3, 0.4) is 0 Å². The lowest BCUT2D eigenvalue weighted by molar-refractivity contribution is -0.140. The van der Waals surface area contributed by atoms with Gasteiger partial charge < -0.3 is 15.2 Å². The molecule has 116 valence electrons. The molecule has 0 bridgehead atoms. The zero-order chi connectivity index (χ0) is 16.3. The number of carbonyl (C=O) groups is 3. The molecule has 0 aromatic heterocycles. The molecule has 0 radical (unpaired) electrons. The summed E-state index contributed by atoms with van der Waals surface area (Å²) in [5, 5.41) is 11.1. The molecule has 3 amide bonds. The summed E-state index contributed by atoms with van der Waals surface area (Å²) >= 11 is 2.11. The van der Waals surface area contributed by atoms with Crippen LogP contribution < -0.4 is 10.1 Å². The Hall–Kier alpha value is -2.10. The number of urea groups is 1. The van der Waals surface area contributed by atoms with Crippen molar-refractivity contribution >= 4 is 46.6 Å². The standard InChI is InChI=1S/C14H13IN2O5/c1-2-22-11-4-3-8(5-9(11)15)6-10-13(20)17(7-12(18)19)14(21)16-10/h3-6H,2,7H2,1H3,(H,16,21)(H,18,19)/b10-6+. The summed E-state index contributed by atoms with van der Waals surface area (Å²) in [5.74, 6) is -1.17. The lowest BCUT2D eigenvalue weighted by atomic mass is 10.2. The second-order valence-corrected chi connectivity index (χ2v) is 5.56. The van der Waals surface area contributed by atoms with Crippen molar-refractivity contribution in [3.63, 3.8) is 0 Å². The minimum atomic E-state index is -1.25. The number of amides is 3. The van der Waals surface area contributed by atoms with E-state index in [0.29, 0.717) is 17.1 Å². The van der Waals surface area contributed by atoms with Gasteiger partial charge in [-0.3, -0.25) is 9.59 Å². The number of halogens is 1. The molecule has 1 aliphatic rings. The van der Waals surface area contributed by atoms with Crippen molar-refractivity contribution in [3.05, 3.63) is 33.0 Å². The van der Waals surface area contributed by atoms with Crippen molar-refractivity contribution < 1.29 is 24.2 Å². The Morgan fingerprint density at radius 3 is 2.77 bits per heavy atom. The van der Waals surface area contributed by atoms with Gasteiger partial charge in [0.05, 0.1) is 10.2 Å². The highest BCUT2D eigenvalue weighted by Gasteiger charge is 2.34. The van der Waals surface area contributed by atoms with E-state index in [2.05, 4.69) is 27.9 Å². The number of aliphatic carboxylic acids is 1. The molecule has 2 N–H and O–H groups in total. The van der Waals surface area contributed by atoms with E-state index in [4.69, 9.17) is 9.84 Å². The highest BCUT2D eigenvalue weighted by Crippen LogP contribution is 2.24. The van der Waals surface area contributed by atoms with E-state index >= 15 is 0 Å². The summed E-state index contributed by atoms with van der Waals surface area (Å²) < 4.78 is 6.29. The molecule has 0 unspecified atom stereocenters. The molecule has 22 heavy (non-hydrogen) atoms. The zero-order valence-corrected chi connectivity index (χ0v) is 13.8. The summed E-state index contributed by atoms with van der Waals surface area (Å²) in [5.41, 5.74) is 0.750. The molecule has 0 atom stereocenters. The Kier molecular flexibility index (Phi) is 5.01. The maximum atomic E-state index is 12.0. The Bertz CT molecular complexity index is 671. The Morgan fingerprint density at radius 2 is 2.18 bits per heavy atom. The molecule has 0 saturated carbocycles. The fourth-order valence-corrected chi connectivity index (χ4v) is 2.59. The lowest BCUT2D eigenvalue weighted by Gasteiger charge is -2.07. The van der Waals surface area contributed by atoms with E-state index in [1.54, 1.807) is 18.2 Å². The van der Waals surface area contributed by atoms with Gasteiger partial charge in [-0.25, -0.2) is 9.69 Å². The normalized spacial score (nSPS) is 16.1. The highest BCUT2D eigenvalue weighted by molar-refractivity contribution is 14.1. The fraction of sp³-hybridized carbons (Fsp3) is 0.214. The van der Waals surface area contributed by atoms with Gasteiger partial charge in [0, 0.05) is 0 Å². The molecule has 1 heterocycles. The largest absolute Gasteiger partial charge is 0.493 e. The third-order valence-electron chi connectivity index (χ3n) is 2.82. The summed E-state index contributed by atoms with van der Waals surface area (Å²) in [7, 11) is 0. The molecule has 8 heteroatoms. The van der Waals surface area contributed by atoms with Crippen LogP contribution in [0.4, 0.5) is 4.79 Å². The number of hydrogen-bond donors (Lipinski definition) is 2. The summed E-state index contributed by atoms with van der Waals surface area (Å²) in [4.78, 5) is 34.9. The van der Waals surface area contributed by atoms with Gasteiger partial charge in [0.1, 0.15) is 18.0 Å². The van der Waals surface area contributed by atoms with Gasteiger partial charge in [-0.05, 0) is 53.3 Å². The first-order valence-electron chi connectivity index (χ1n) is 6.41. The number of imide groups is 1. The number of carbonyl (C=O) groups excluding carboxylic acids is 2. The van der Waals surface area contributed by atoms with Crippen molar-refractivity contribution in [2.24, 2.45) is 0 Å². The van der Waals surface area contributed by atoms with Crippen molar-refractivity contribution in [2.45, 2.75) is 6.92 Å². The van der Waals surface area contributed by atoms with Crippen LogP contribution in [0, 0.1) is 3.57 Å². The van der Waals surface area contributed by atoms with Crippen molar-refractivity contribution in [1.82, 2.24) is 10.2 Å². The summed E-state index contributed by atoms with van der Waals surface area (Å²) in [6, 6.07) is 4.59. The summed E-state index contributed by atoms with van der Waals surface area (Å²) in [6.07, 6.45) is 1.50. The maximum Gasteiger partial charge on any atom is 0.329 e. The Balaban J connectivity index is 2.23. The van der Waals surface area contributed by atoms with Crippen molar-refractivity contribution in [3.8, 4) is 5.75 Å². The number of ether oxygens (including phenoxy) is 1. The predicted octanol–water partition coefficient (Wildman–Crippen LogP) is 1.67. The monoisotopic (exact) mass is 416 g/mol. The fourth-order valence-electron chi connectivity index (χ4n) is 1.90. The smallest absolute Gasteiger partial charge is 0.329 e. The van der Waals surface area contributed by atoms with Crippen LogP contribution in [0.5, 0.6) is 5.75 Å². The van der Waals surface area contributed by atoms with Crippen LogP contribution >= 0.6 is 22.6 Å². The van der Waals surface area contributed by atoms with E-state index in [1.807, 2.05) is 6.92 Å². The molecule has 7 nitrogen and oxygen atoms in total. The van der Waals surface area contributed by atoms with E-state index in [9.17, 15) is 14.4 Å². The van der Waals surface area contributed by atoms with Gasteiger partial charge in [-0.15, -0.1) is 0 Å². The summed E-state index contributed by atoms with van der Waals surface area (Å²) in [6.45, 7) is 1.77. The quantitative estimate of drug-likeness (QED) is 0.433. The van der Waals surface area contributed by atoms with Crippen LogP contribution in [-0.2, 0) is 9.59 Å². The number of carboxylic acids is 1. The lowest BCUT2D eigenvalue weighted by Crippen LogP contribution is -2.35. The van der Waals surface area contributed by atoms with Crippen LogP contribution in [0.2, 0.25) is 0 Å². The molecule has 2 rings (SSSR count). The van der Waals surface area contributed by atoms with E-state index in [0.717, 1.165) is 9.32 Å². The molecule has 1 saturated heterocycles. The van der Waals surface area contributed by atoms with Crippen LogP contribution in [0.25, 0.3) is 6.08 Å². The number of nitrogens with zero attached hydrogens (tertiary/aromatic N) is 1. The third kappa shape index (κ3) is 3.56. The number of benzene rings is 1. The molecule has 0 spiro atoms. The van der Waals surface area contributed by atoms with Crippen molar-refractivity contribution in [1.29, 1.82) is 0 Å². The van der Waals surface area contributed by atoms with Gasteiger partial charge in [0.2, 0.25) is 0 Å². The molecular weight excluding hydrogens is 403 g/mol.